The number of aliphatic hydroxyl groups is 1. The average molecular weight is 273 g/mol. The molecule has 1 aromatic rings. The second-order valence-corrected chi connectivity index (χ2v) is 6.83. The van der Waals surface area contributed by atoms with E-state index < -0.39 is 0 Å². The molecule has 2 aliphatic carbocycles. The Labute approximate surface area is 122 Å². The van der Waals surface area contributed by atoms with E-state index in [9.17, 15) is 0 Å². The number of aliphatic hydroxyl groups excluding tert-OH is 1. The van der Waals surface area contributed by atoms with Crippen LogP contribution in [0.2, 0.25) is 0 Å². The summed E-state index contributed by atoms with van der Waals surface area (Å²) in [5.41, 5.74) is 3.16. The summed E-state index contributed by atoms with van der Waals surface area (Å²) in [6.45, 7) is 3.59. The summed E-state index contributed by atoms with van der Waals surface area (Å²) in [7, 11) is 0. The molecule has 1 saturated carbocycles. The van der Waals surface area contributed by atoms with Gasteiger partial charge in [0.15, 0.2) is 0 Å². The molecular weight excluding hydrogens is 246 g/mol. The molecule has 0 amide bonds. The number of hydrogen-bond donors (Lipinski definition) is 2. The van der Waals surface area contributed by atoms with Crippen molar-refractivity contribution in [2.45, 2.75) is 45.1 Å². The molecule has 2 N–H and O–H groups in total. The molecule has 110 valence electrons. The standard InChI is InChI=1S/C18H27NO/c1-13(8-9-20)12-19-18-16-6-7-17(18)11-15-5-3-2-4-14(15)10-16/h2-5,13,16-20H,6-12H2,1H3. The SMILES string of the molecule is CC(CCO)CNC1C2CCC1Cc1ccccc1C2. The number of fused-ring (bicyclic) bond motifs is 3. The summed E-state index contributed by atoms with van der Waals surface area (Å²) in [5, 5.41) is 12.9. The van der Waals surface area contributed by atoms with Crippen LogP contribution in [0.5, 0.6) is 0 Å². The van der Waals surface area contributed by atoms with Crippen LogP contribution in [0, 0.1) is 17.8 Å². The summed E-state index contributed by atoms with van der Waals surface area (Å²) < 4.78 is 0. The minimum Gasteiger partial charge on any atom is -0.396 e. The van der Waals surface area contributed by atoms with E-state index in [4.69, 9.17) is 5.11 Å². The van der Waals surface area contributed by atoms with Gasteiger partial charge < -0.3 is 10.4 Å². The van der Waals surface area contributed by atoms with Crippen LogP contribution in [0.25, 0.3) is 0 Å². The minimum atomic E-state index is 0.311. The van der Waals surface area contributed by atoms with Crippen molar-refractivity contribution in [3.63, 3.8) is 0 Å². The van der Waals surface area contributed by atoms with Gasteiger partial charge in [0.1, 0.15) is 0 Å². The second-order valence-electron chi connectivity index (χ2n) is 6.83. The zero-order chi connectivity index (χ0) is 13.9. The first-order valence-corrected chi connectivity index (χ1v) is 8.19. The van der Waals surface area contributed by atoms with Crippen LogP contribution < -0.4 is 5.32 Å². The molecule has 2 bridgehead atoms. The van der Waals surface area contributed by atoms with Gasteiger partial charge in [0.05, 0.1) is 0 Å². The summed E-state index contributed by atoms with van der Waals surface area (Å²) in [4.78, 5) is 0. The molecule has 1 fully saturated rings. The van der Waals surface area contributed by atoms with Crippen molar-refractivity contribution >= 4 is 0 Å². The van der Waals surface area contributed by atoms with E-state index in [-0.39, 0.29) is 0 Å². The van der Waals surface area contributed by atoms with Crippen molar-refractivity contribution in [2.24, 2.45) is 17.8 Å². The zero-order valence-corrected chi connectivity index (χ0v) is 12.5. The molecular formula is C18H27NO. The molecule has 0 aliphatic heterocycles. The van der Waals surface area contributed by atoms with E-state index in [0.717, 1.165) is 24.8 Å². The van der Waals surface area contributed by atoms with Gasteiger partial charge in [0, 0.05) is 12.6 Å². The van der Waals surface area contributed by atoms with Gasteiger partial charge in [-0.2, -0.15) is 0 Å². The predicted octanol–water partition coefficient (Wildman–Crippen LogP) is 2.79. The first-order chi connectivity index (χ1) is 9.78. The van der Waals surface area contributed by atoms with E-state index >= 15 is 0 Å². The van der Waals surface area contributed by atoms with Crippen molar-refractivity contribution in [2.75, 3.05) is 13.2 Å². The highest BCUT2D eigenvalue weighted by Crippen LogP contribution is 2.40. The number of rotatable bonds is 5. The number of nitrogens with one attached hydrogen (secondary N) is 1. The van der Waals surface area contributed by atoms with Gasteiger partial charge in [-0.05, 0) is 67.5 Å². The Bertz CT molecular complexity index is 412. The molecule has 0 radical (unpaired) electrons. The van der Waals surface area contributed by atoms with Crippen LogP contribution in [0.4, 0.5) is 0 Å². The Morgan fingerprint density at radius 3 is 2.30 bits per heavy atom. The van der Waals surface area contributed by atoms with Crippen LogP contribution in [-0.2, 0) is 12.8 Å². The second kappa shape index (κ2) is 6.28. The molecule has 20 heavy (non-hydrogen) atoms. The van der Waals surface area contributed by atoms with Crippen molar-refractivity contribution in [1.29, 1.82) is 0 Å². The number of hydrogen-bond acceptors (Lipinski definition) is 2. The molecule has 0 saturated heterocycles. The average Bonchev–Trinajstić information content (AvgIpc) is 2.71. The van der Waals surface area contributed by atoms with Crippen LogP contribution in [0.3, 0.4) is 0 Å². The fraction of sp³-hybridized carbons (Fsp3) is 0.667. The maximum absolute atomic E-state index is 9.03. The highest BCUT2D eigenvalue weighted by molar-refractivity contribution is 5.30. The molecule has 3 rings (SSSR count). The van der Waals surface area contributed by atoms with Gasteiger partial charge >= 0.3 is 0 Å². The summed E-state index contributed by atoms with van der Waals surface area (Å²) in [6.07, 6.45) is 6.17. The maximum Gasteiger partial charge on any atom is 0.0434 e. The third-order valence-corrected chi connectivity index (χ3v) is 5.33. The predicted molar refractivity (Wildman–Crippen MR) is 82.7 cm³/mol. The van der Waals surface area contributed by atoms with Crippen LogP contribution in [0.15, 0.2) is 24.3 Å². The minimum absolute atomic E-state index is 0.311. The molecule has 2 nitrogen and oxygen atoms in total. The molecule has 0 aromatic heterocycles. The smallest absolute Gasteiger partial charge is 0.0434 e. The summed E-state index contributed by atoms with van der Waals surface area (Å²) in [6, 6.07) is 9.69. The van der Waals surface area contributed by atoms with Crippen LogP contribution in [0.1, 0.15) is 37.3 Å². The van der Waals surface area contributed by atoms with Gasteiger partial charge in [-0.15, -0.1) is 0 Å². The Morgan fingerprint density at radius 1 is 1.15 bits per heavy atom. The van der Waals surface area contributed by atoms with E-state index in [2.05, 4.69) is 36.5 Å². The molecule has 0 heterocycles. The lowest BCUT2D eigenvalue weighted by molar-refractivity contribution is 0.249. The first kappa shape index (κ1) is 14.1. The topological polar surface area (TPSA) is 32.3 Å². The quantitative estimate of drug-likeness (QED) is 0.864. The fourth-order valence-electron chi connectivity index (χ4n) is 4.14. The van der Waals surface area contributed by atoms with E-state index in [1.807, 2.05) is 0 Å². The molecule has 2 aliphatic rings. The van der Waals surface area contributed by atoms with Crippen molar-refractivity contribution in [1.82, 2.24) is 5.32 Å². The molecule has 3 atom stereocenters. The molecule has 1 aromatic carbocycles. The van der Waals surface area contributed by atoms with Gasteiger partial charge in [0.2, 0.25) is 0 Å². The van der Waals surface area contributed by atoms with Gasteiger partial charge in [0.25, 0.3) is 0 Å². The largest absolute Gasteiger partial charge is 0.396 e. The van der Waals surface area contributed by atoms with E-state index in [1.54, 1.807) is 11.1 Å². The van der Waals surface area contributed by atoms with E-state index in [1.165, 1.54) is 25.7 Å². The summed E-state index contributed by atoms with van der Waals surface area (Å²) in [5.74, 6) is 2.19. The Morgan fingerprint density at radius 2 is 1.75 bits per heavy atom. The van der Waals surface area contributed by atoms with Gasteiger partial charge in [-0.1, -0.05) is 31.2 Å². The first-order valence-electron chi connectivity index (χ1n) is 8.19. The Kier molecular flexibility index (Phi) is 4.42. The monoisotopic (exact) mass is 273 g/mol. The van der Waals surface area contributed by atoms with E-state index in [0.29, 0.717) is 18.6 Å². The van der Waals surface area contributed by atoms with Crippen molar-refractivity contribution in [3.05, 3.63) is 35.4 Å². The summed E-state index contributed by atoms with van der Waals surface area (Å²) >= 11 is 0. The van der Waals surface area contributed by atoms with Crippen LogP contribution in [-0.4, -0.2) is 24.3 Å². The van der Waals surface area contributed by atoms with Gasteiger partial charge in [-0.3, -0.25) is 0 Å². The van der Waals surface area contributed by atoms with Crippen molar-refractivity contribution < 1.29 is 5.11 Å². The highest BCUT2D eigenvalue weighted by atomic mass is 16.3. The van der Waals surface area contributed by atoms with Gasteiger partial charge in [-0.25, -0.2) is 0 Å². The molecule has 3 unspecified atom stereocenters. The Hall–Kier alpha value is -0.860. The lowest BCUT2D eigenvalue weighted by atomic mass is 9.94. The normalized spacial score (nSPS) is 29.8. The third kappa shape index (κ3) is 2.91. The lowest BCUT2D eigenvalue weighted by Crippen LogP contribution is -2.40. The lowest BCUT2D eigenvalue weighted by Gasteiger charge is -2.25. The number of benzene rings is 1. The Balaban J connectivity index is 1.66. The maximum atomic E-state index is 9.03. The zero-order valence-electron chi connectivity index (χ0n) is 12.5. The molecule has 2 heteroatoms. The van der Waals surface area contributed by atoms with Crippen molar-refractivity contribution in [3.8, 4) is 0 Å². The van der Waals surface area contributed by atoms with Crippen LogP contribution >= 0.6 is 0 Å². The highest BCUT2D eigenvalue weighted by Gasteiger charge is 2.38. The molecule has 0 spiro atoms. The third-order valence-electron chi connectivity index (χ3n) is 5.33. The fourth-order valence-corrected chi connectivity index (χ4v) is 4.14.